The predicted molar refractivity (Wildman–Crippen MR) is 70.8 cm³/mol. The summed E-state index contributed by atoms with van der Waals surface area (Å²) in [6, 6.07) is 2.99. The Morgan fingerprint density at radius 3 is 2.41 bits per heavy atom. The molecule has 1 aliphatic heterocycles. The van der Waals surface area contributed by atoms with Gasteiger partial charge in [0, 0.05) is 38.8 Å². The molecule has 1 saturated heterocycles. The molecule has 0 saturated carbocycles. The fraction of sp³-hybridized carbons (Fsp3) is 0.923. The van der Waals surface area contributed by atoms with Crippen molar-refractivity contribution in [1.29, 1.82) is 5.26 Å². The number of rotatable bonds is 6. The Kier molecular flexibility index (Phi) is 6.49. The molecular formula is C13H26N4. The van der Waals surface area contributed by atoms with Gasteiger partial charge in [0.15, 0.2) is 0 Å². The van der Waals surface area contributed by atoms with Crippen molar-refractivity contribution < 1.29 is 0 Å². The van der Waals surface area contributed by atoms with Gasteiger partial charge in [-0.3, -0.25) is 4.90 Å². The average Bonchev–Trinajstić information content (AvgIpc) is 2.39. The second-order valence-electron chi connectivity index (χ2n) is 4.89. The summed E-state index contributed by atoms with van der Waals surface area (Å²) in [5.74, 6) is 0. The number of hydrogen-bond donors (Lipinski definition) is 1. The second kappa shape index (κ2) is 7.65. The van der Waals surface area contributed by atoms with E-state index in [2.05, 4.69) is 35.0 Å². The molecule has 1 rings (SSSR count). The molecule has 0 spiro atoms. The molecule has 0 aromatic carbocycles. The van der Waals surface area contributed by atoms with Crippen LogP contribution in [0.4, 0.5) is 0 Å². The van der Waals surface area contributed by atoms with Crippen molar-refractivity contribution in [2.75, 3.05) is 39.8 Å². The van der Waals surface area contributed by atoms with Gasteiger partial charge in [-0.25, -0.2) is 0 Å². The lowest BCUT2D eigenvalue weighted by molar-refractivity contribution is 0.0990. The maximum absolute atomic E-state index is 8.86. The molecule has 2 unspecified atom stereocenters. The van der Waals surface area contributed by atoms with Gasteiger partial charge >= 0.3 is 0 Å². The molecule has 0 aromatic rings. The third kappa shape index (κ3) is 4.63. The Bertz CT molecular complexity index is 240. The van der Waals surface area contributed by atoms with Crippen LogP contribution in [0.2, 0.25) is 0 Å². The maximum atomic E-state index is 8.86. The van der Waals surface area contributed by atoms with Gasteiger partial charge in [0.2, 0.25) is 0 Å². The van der Waals surface area contributed by atoms with E-state index in [9.17, 15) is 0 Å². The van der Waals surface area contributed by atoms with Crippen LogP contribution in [0.25, 0.3) is 0 Å². The first kappa shape index (κ1) is 14.4. The Hall–Kier alpha value is -0.630. The normalized spacial score (nSPS) is 22.0. The third-order valence-electron chi connectivity index (χ3n) is 3.86. The molecule has 1 aliphatic rings. The van der Waals surface area contributed by atoms with Gasteiger partial charge in [0.25, 0.3) is 0 Å². The molecule has 4 nitrogen and oxygen atoms in total. The molecule has 0 amide bonds. The largest absolute Gasteiger partial charge is 0.305 e. The minimum absolute atomic E-state index is 0.00240. The summed E-state index contributed by atoms with van der Waals surface area (Å²) >= 11 is 0. The molecule has 0 aromatic heterocycles. The number of nitrogens with zero attached hydrogens (tertiary/aromatic N) is 3. The van der Waals surface area contributed by atoms with Crippen molar-refractivity contribution >= 4 is 0 Å². The van der Waals surface area contributed by atoms with Gasteiger partial charge in [0.05, 0.1) is 12.1 Å². The minimum Gasteiger partial charge on any atom is -0.305 e. The number of nitrogens with one attached hydrogen (secondary N) is 1. The zero-order valence-corrected chi connectivity index (χ0v) is 11.4. The summed E-state index contributed by atoms with van der Waals surface area (Å²) < 4.78 is 0. The first-order valence-corrected chi connectivity index (χ1v) is 6.74. The van der Waals surface area contributed by atoms with Gasteiger partial charge in [-0.05, 0) is 26.8 Å². The summed E-state index contributed by atoms with van der Waals surface area (Å²) in [5, 5.41) is 11.9. The van der Waals surface area contributed by atoms with Crippen LogP contribution in [0.1, 0.15) is 26.7 Å². The zero-order chi connectivity index (χ0) is 12.7. The number of hydrogen-bond acceptors (Lipinski definition) is 4. The van der Waals surface area contributed by atoms with Crippen molar-refractivity contribution in [2.24, 2.45) is 0 Å². The first-order chi connectivity index (χ1) is 8.21. The van der Waals surface area contributed by atoms with Gasteiger partial charge < -0.3 is 10.2 Å². The molecule has 0 radical (unpaired) electrons. The van der Waals surface area contributed by atoms with Gasteiger partial charge in [-0.15, -0.1) is 0 Å². The van der Waals surface area contributed by atoms with Crippen LogP contribution in [-0.2, 0) is 0 Å². The Balaban J connectivity index is 2.21. The van der Waals surface area contributed by atoms with Crippen LogP contribution in [0.15, 0.2) is 0 Å². The van der Waals surface area contributed by atoms with Gasteiger partial charge in [-0.2, -0.15) is 5.26 Å². The van der Waals surface area contributed by atoms with Crippen molar-refractivity contribution in [3.8, 4) is 6.07 Å². The minimum atomic E-state index is 0.00240. The van der Waals surface area contributed by atoms with E-state index in [0.717, 1.165) is 26.1 Å². The fourth-order valence-electron chi connectivity index (χ4n) is 2.27. The van der Waals surface area contributed by atoms with Crippen molar-refractivity contribution in [3.05, 3.63) is 0 Å². The van der Waals surface area contributed by atoms with Crippen LogP contribution in [0.3, 0.4) is 0 Å². The predicted octanol–water partition coefficient (Wildman–Crippen LogP) is 0.904. The maximum Gasteiger partial charge on any atom is 0.0962 e. The summed E-state index contributed by atoms with van der Waals surface area (Å²) in [4.78, 5) is 5.04. The van der Waals surface area contributed by atoms with Crippen LogP contribution in [0.5, 0.6) is 0 Å². The van der Waals surface area contributed by atoms with E-state index in [4.69, 9.17) is 5.26 Å². The van der Waals surface area contributed by atoms with Crippen LogP contribution in [-0.4, -0.2) is 61.7 Å². The zero-order valence-electron chi connectivity index (χ0n) is 11.4. The van der Waals surface area contributed by atoms with E-state index in [1.54, 1.807) is 0 Å². The summed E-state index contributed by atoms with van der Waals surface area (Å²) in [5.41, 5.74) is 0. The van der Waals surface area contributed by atoms with Crippen LogP contribution >= 0.6 is 0 Å². The van der Waals surface area contributed by atoms with E-state index in [0.29, 0.717) is 6.04 Å². The molecule has 98 valence electrons. The summed E-state index contributed by atoms with van der Waals surface area (Å²) in [6.07, 6.45) is 2.16. The van der Waals surface area contributed by atoms with E-state index >= 15 is 0 Å². The van der Waals surface area contributed by atoms with Crippen LogP contribution in [0, 0.1) is 11.3 Å². The molecular weight excluding hydrogens is 212 g/mol. The van der Waals surface area contributed by atoms with Crippen LogP contribution < -0.4 is 5.32 Å². The molecule has 1 heterocycles. The summed E-state index contributed by atoms with van der Waals surface area (Å²) in [6.45, 7) is 10.2. The highest BCUT2D eigenvalue weighted by molar-refractivity contribution is 4.89. The van der Waals surface area contributed by atoms with E-state index in [1.165, 1.54) is 19.5 Å². The Morgan fingerprint density at radius 1 is 1.29 bits per heavy atom. The standard InChI is InChI=1S/C13H26N4/c1-4-12(2)17-9-7-16(8-10-17)6-5-13(11-14)15-3/h12-13,15H,4-10H2,1-3H3. The highest BCUT2D eigenvalue weighted by Gasteiger charge is 2.20. The topological polar surface area (TPSA) is 42.3 Å². The second-order valence-corrected chi connectivity index (χ2v) is 4.89. The van der Waals surface area contributed by atoms with Crippen molar-refractivity contribution in [2.45, 2.75) is 38.8 Å². The first-order valence-electron chi connectivity index (χ1n) is 6.74. The molecule has 1 fully saturated rings. The van der Waals surface area contributed by atoms with E-state index in [-0.39, 0.29) is 6.04 Å². The molecule has 2 atom stereocenters. The fourth-order valence-corrected chi connectivity index (χ4v) is 2.27. The van der Waals surface area contributed by atoms with Crippen molar-refractivity contribution in [1.82, 2.24) is 15.1 Å². The summed E-state index contributed by atoms with van der Waals surface area (Å²) in [7, 11) is 1.86. The number of piperazine rings is 1. The van der Waals surface area contributed by atoms with Gasteiger partial charge in [0.1, 0.15) is 0 Å². The molecule has 17 heavy (non-hydrogen) atoms. The smallest absolute Gasteiger partial charge is 0.0962 e. The quantitative estimate of drug-likeness (QED) is 0.747. The lowest BCUT2D eigenvalue weighted by Crippen LogP contribution is -2.50. The van der Waals surface area contributed by atoms with Gasteiger partial charge in [-0.1, -0.05) is 6.92 Å². The average molecular weight is 238 g/mol. The highest BCUT2D eigenvalue weighted by atomic mass is 15.3. The molecule has 0 aliphatic carbocycles. The Labute approximate surface area is 106 Å². The SMILES string of the molecule is CCC(C)N1CCN(CCC(C#N)NC)CC1. The Morgan fingerprint density at radius 2 is 1.94 bits per heavy atom. The molecule has 1 N–H and O–H groups in total. The van der Waals surface area contributed by atoms with Crippen molar-refractivity contribution in [3.63, 3.8) is 0 Å². The monoisotopic (exact) mass is 238 g/mol. The molecule has 0 bridgehead atoms. The highest BCUT2D eigenvalue weighted by Crippen LogP contribution is 2.09. The number of nitriles is 1. The lowest BCUT2D eigenvalue weighted by atomic mass is 10.1. The van der Waals surface area contributed by atoms with E-state index in [1.807, 2.05) is 7.05 Å². The van der Waals surface area contributed by atoms with E-state index < -0.39 is 0 Å². The molecule has 4 heteroatoms. The third-order valence-corrected chi connectivity index (χ3v) is 3.86. The lowest BCUT2D eigenvalue weighted by Gasteiger charge is -2.38.